The largest absolute Gasteiger partial charge is 0.453 e. The molecule has 26 heavy (non-hydrogen) atoms. The molecule has 4 aliphatic rings. The third kappa shape index (κ3) is 2.33. The van der Waals surface area contributed by atoms with E-state index in [1.807, 2.05) is 0 Å². The van der Waals surface area contributed by atoms with Crippen molar-refractivity contribution in [3.8, 4) is 11.3 Å². The molecule has 0 saturated heterocycles. The molecule has 0 unspecified atom stereocenters. The number of nitro groups is 1. The van der Waals surface area contributed by atoms with Crippen LogP contribution in [0.15, 0.2) is 34.7 Å². The highest BCUT2D eigenvalue weighted by Crippen LogP contribution is 2.61. The first-order chi connectivity index (χ1) is 12.6. The second-order valence-corrected chi connectivity index (χ2v) is 8.51. The summed E-state index contributed by atoms with van der Waals surface area (Å²) < 4.78 is 5.43. The number of furan rings is 1. The highest BCUT2D eigenvalue weighted by atomic mass is 16.6. The standard InChI is InChI=1S/C21H21NO4/c23-12-17-2-4-20(26-17)18-3-1-16(8-19(18)22(24)25)21-9-13-5-14(10-21)7-15(6-13)11-21/h1-4,8,12-15H,5-7,9-11H2. The Morgan fingerprint density at radius 2 is 1.69 bits per heavy atom. The smallest absolute Gasteiger partial charge is 0.280 e. The van der Waals surface area contributed by atoms with Gasteiger partial charge in [0.05, 0.1) is 10.5 Å². The Balaban J connectivity index is 1.58. The monoisotopic (exact) mass is 351 g/mol. The molecule has 5 nitrogen and oxygen atoms in total. The van der Waals surface area contributed by atoms with Gasteiger partial charge in [-0.05, 0) is 85.5 Å². The molecule has 0 aliphatic heterocycles. The van der Waals surface area contributed by atoms with Crippen LogP contribution in [0.4, 0.5) is 5.69 Å². The first-order valence-corrected chi connectivity index (χ1v) is 9.40. The average Bonchev–Trinajstić information content (AvgIpc) is 3.09. The summed E-state index contributed by atoms with van der Waals surface area (Å²) in [5.41, 5.74) is 1.76. The molecule has 0 atom stereocenters. The van der Waals surface area contributed by atoms with Crippen LogP contribution in [-0.4, -0.2) is 11.2 Å². The Kier molecular flexibility index (Phi) is 3.36. The third-order valence-electron chi connectivity index (χ3n) is 6.85. The molecule has 4 fully saturated rings. The Morgan fingerprint density at radius 1 is 1.04 bits per heavy atom. The van der Waals surface area contributed by atoms with Crippen molar-refractivity contribution in [2.24, 2.45) is 17.8 Å². The van der Waals surface area contributed by atoms with Crippen LogP contribution in [0.25, 0.3) is 11.3 Å². The van der Waals surface area contributed by atoms with Gasteiger partial charge in [0.15, 0.2) is 12.0 Å². The molecule has 134 valence electrons. The van der Waals surface area contributed by atoms with E-state index in [2.05, 4.69) is 6.07 Å². The van der Waals surface area contributed by atoms with E-state index in [1.165, 1.54) is 38.5 Å². The first kappa shape index (κ1) is 15.8. The number of carbonyl (C=O) groups is 1. The van der Waals surface area contributed by atoms with E-state index >= 15 is 0 Å². The van der Waals surface area contributed by atoms with Crippen molar-refractivity contribution in [1.82, 2.24) is 0 Å². The lowest BCUT2D eigenvalue weighted by Gasteiger charge is -2.57. The summed E-state index contributed by atoms with van der Waals surface area (Å²) in [6, 6.07) is 8.79. The van der Waals surface area contributed by atoms with Gasteiger partial charge in [-0.25, -0.2) is 0 Å². The topological polar surface area (TPSA) is 73.3 Å². The SMILES string of the molecule is O=Cc1ccc(-c2ccc(C34CC5CC(CC(C5)C3)C4)cc2[N+](=O)[O-])o1. The quantitative estimate of drug-likeness (QED) is 0.434. The van der Waals surface area contributed by atoms with Gasteiger partial charge >= 0.3 is 0 Å². The molecule has 0 spiro atoms. The molecule has 1 aromatic carbocycles. The first-order valence-electron chi connectivity index (χ1n) is 9.40. The maximum Gasteiger partial charge on any atom is 0.280 e. The number of benzene rings is 1. The zero-order valence-electron chi connectivity index (χ0n) is 14.5. The summed E-state index contributed by atoms with van der Waals surface area (Å²) in [6.45, 7) is 0. The van der Waals surface area contributed by atoms with Gasteiger partial charge in [-0.15, -0.1) is 0 Å². The zero-order valence-corrected chi connectivity index (χ0v) is 14.5. The fourth-order valence-electron chi connectivity index (χ4n) is 6.25. The minimum atomic E-state index is -0.331. The van der Waals surface area contributed by atoms with Crippen molar-refractivity contribution in [1.29, 1.82) is 0 Å². The second-order valence-electron chi connectivity index (χ2n) is 8.51. The summed E-state index contributed by atoms with van der Waals surface area (Å²) in [7, 11) is 0. The van der Waals surface area contributed by atoms with Crippen molar-refractivity contribution in [3.05, 3.63) is 51.8 Å². The molecule has 4 bridgehead atoms. The molecule has 0 N–H and O–H groups in total. The number of hydrogen-bond acceptors (Lipinski definition) is 4. The minimum absolute atomic E-state index is 0.0741. The molecule has 4 saturated carbocycles. The van der Waals surface area contributed by atoms with Crippen molar-refractivity contribution < 1.29 is 14.1 Å². The molecule has 4 aliphatic carbocycles. The van der Waals surface area contributed by atoms with Gasteiger partial charge in [0.25, 0.3) is 5.69 Å². The van der Waals surface area contributed by atoms with Crippen LogP contribution in [0.3, 0.4) is 0 Å². The van der Waals surface area contributed by atoms with E-state index in [-0.39, 0.29) is 21.8 Å². The zero-order chi connectivity index (χ0) is 17.9. The normalized spacial score (nSPS) is 31.9. The minimum Gasteiger partial charge on any atom is -0.453 e. The summed E-state index contributed by atoms with van der Waals surface area (Å²) >= 11 is 0. The van der Waals surface area contributed by atoms with E-state index in [0.717, 1.165) is 23.3 Å². The summed E-state index contributed by atoms with van der Waals surface area (Å²) in [5, 5.41) is 11.7. The number of hydrogen-bond donors (Lipinski definition) is 0. The molecule has 0 amide bonds. The highest BCUT2D eigenvalue weighted by molar-refractivity contribution is 5.75. The number of aldehydes is 1. The van der Waals surface area contributed by atoms with Crippen molar-refractivity contribution in [3.63, 3.8) is 0 Å². The lowest BCUT2D eigenvalue weighted by atomic mass is 9.48. The molecule has 1 aromatic heterocycles. The van der Waals surface area contributed by atoms with E-state index in [4.69, 9.17) is 4.42 Å². The Hall–Kier alpha value is -2.43. The van der Waals surface area contributed by atoms with Gasteiger partial charge in [-0.2, -0.15) is 0 Å². The molecular weight excluding hydrogens is 330 g/mol. The third-order valence-corrected chi connectivity index (χ3v) is 6.85. The van der Waals surface area contributed by atoms with E-state index < -0.39 is 0 Å². The van der Waals surface area contributed by atoms with Crippen molar-refractivity contribution >= 4 is 12.0 Å². The second kappa shape index (κ2) is 5.53. The fourth-order valence-corrected chi connectivity index (χ4v) is 6.25. The summed E-state index contributed by atoms with van der Waals surface area (Å²) in [4.78, 5) is 22.3. The van der Waals surface area contributed by atoms with E-state index in [1.54, 1.807) is 24.3 Å². The van der Waals surface area contributed by atoms with Crippen LogP contribution in [0.5, 0.6) is 0 Å². The predicted octanol–water partition coefficient (Wildman–Crippen LogP) is 5.14. The number of nitrogens with zero attached hydrogens (tertiary/aromatic N) is 1. The van der Waals surface area contributed by atoms with Gasteiger partial charge in [0.1, 0.15) is 5.76 Å². The molecule has 5 heteroatoms. The average molecular weight is 351 g/mol. The maximum atomic E-state index is 11.7. The molecule has 2 aromatic rings. The van der Waals surface area contributed by atoms with Crippen LogP contribution in [0.1, 0.15) is 54.6 Å². The molecule has 0 radical (unpaired) electrons. The van der Waals surface area contributed by atoms with Crippen LogP contribution < -0.4 is 0 Å². The molecule has 1 heterocycles. The summed E-state index contributed by atoms with van der Waals surface area (Å²) in [5.74, 6) is 2.93. The Bertz CT molecular complexity index is 862. The van der Waals surface area contributed by atoms with Crippen molar-refractivity contribution in [2.75, 3.05) is 0 Å². The lowest BCUT2D eigenvalue weighted by Crippen LogP contribution is -2.48. The van der Waals surface area contributed by atoms with Crippen LogP contribution in [0, 0.1) is 27.9 Å². The lowest BCUT2D eigenvalue weighted by molar-refractivity contribution is -0.384. The number of carbonyl (C=O) groups excluding carboxylic acids is 1. The van der Waals surface area contributed by atoms with Gasteiger partial charge < -0.3 is 4.42 Å². The number of nitro benzene ring substituents is 1. The molecule has 6 rings (SSSR count). The predicted molar refractivity (Wildman–Crippen MR) is 96.0 cm³/mol. The van der Waals surface area contributed by atoms with E-state index in [0.29, 0.717) is 17.6 Å². The van der Waals surface area contributed by atoms with Crippen LogP contribution >= 0.6 is 0 Å². The fraction of sp³-hybridized carbons (Fsp3) is 0.476. The Morgan fingerprint density at radius 3 is 2.23 bits per heavy atom. The van der Waals surface area contributed by atoms with Crippen LogP contribution in [0.2, 0.25) is 0 Å². The highest BCUT2D eigenvalue weighted by Gasteiger charge is 2.51. The molecular formula is C21H21NO4. The van der Waals surface area contributed by atoms with E-state index in [9.17, 15) is 14.9 Å². The maximum absolute atomic E-state index is 11.7. The summed E-state index contributed by atoms with van der Waals surface area (Å²) in [6.07, 6.45) is 8.17. The van der Waals surface area contributed by atoms with Gasteiger partial charge in [-0.3, -0.25) is 14.9 Å². The van der Waals surface area contributed by atoms with Gasteiger partial charge in [-0.1, -0.05) is 6.07 Å². The van der Waals surface area contributed by atoms with Gasteiger partial charge in [0, 0.05) is 6.07 Å². The van der Waals surface area contributed by atoms with Crippen molar-refractivity contribution in [2.45, 2.75) is 43.9 Å². The van der Waals surface area contributed by atoms with Crippen LogP contribution in [-0.2, 0) is 5.41 Å². The Labute approximate surface area is 151 Å². The van der Waals surface area contributed by atoms with Gasteiger partial charge in [0.2, 0.25) is 0 Å². The number of rotatable bonds is 4.